The van der Waals surface area contributed by atoms with Crippen LogP contribution in [-0.2, 0) is 6.61 Å². The second kappa shape index (κ2) is 9.25. The quantitative estimate of drug-likeness (QED) is 0.434. The standard InChI is InChI=1S/C19H17FN4O2S2/c1-12-21-16(11-28-12)10-26-17-8-2-13(3-9-17)18(25)23-24-19(27)22-15-6-4-14(20)5-7-15/h2-9,11H,10H2,1H3,(H,23,25)(H2,22,24,27). The zero-order valence-electron chi connectivity index (χ0n) is 14.9. The number of anilines is 1. The van der Waals surface area contributed by atoms with Crippen molar-refractivity contribution in [3.63, 3.8) is 0 Å². The largest absolute Gasteiger partial charge is 0.487 e. The van der Waals surface area contributed by atoms with Gasteiger partial charge in [-0.1, -0.05) is 0 Å². The molecule has 144 valence electrons. The number of carbonyl (C=O) groups excluding carboxylic acids is 1. The molecule has 2 aromatic carbocycles. The molecule has 0 saturated heterocycles. The predicted molar refractivity (Wildman–Crippen MR) is 111 cm³/mol. The lowest BCUT2D eigenvalue weighted by Crippen LogP contribution is -2.43. The number of thiocarbonyl (C=S) groups is 1. The van der Waals surface area contributed by atoms with E-state index in [4.69, 9.17) is 17.0 Å². The van der Waals surface area contributed by atoms with Gasteiger partial charge in [0.05, 0.1) is 10.7 Å². The second-order valence-electron chi connectivity index (χ2n) is 5.71. The van der Waals surface area contributed by atoms with Crippen LogP contribution in [0.2, 0.25) is 0 Å². The van der Waals surface area contributed by atoms with Crippen molar-refractivity contribution < 1.29 is 13.9 Å². The molecule has 0 aliphatic rings. The first-order chi connectivity index (χ1) is 13.5. The average Bonchev–Trinajstić information content (AvgIpc) is 3.12. The summed E-state index contributed by atoms with van der Waals surface area (Å²) >= 11 is 6.66. The molecule has 0 fully saturated rings. The third kappa shape index (κ3) is 5.73. The lowest BCUT2D eigenvalue weighted by molar-refractivity contribution is 0.0944. The summed E-state index contributed by atoms with van der Waals surface area (Å²) in [4.78, 5) is 16.5. The van der Waals surface area contributed by atoms with Crippen LogP contribution >= 0.6 is 23.6 Å². The van der Waals surface area contributed by atoms with Gasteiger partial charge in [-0.3, -0.25) is 15.6 Å². The van der Waals surface area contributed by atoms with Gasteiger partial charge in [0.25, 0.3) is 5.91 Å². The molecule has 3 aromatic rings. The molecule has 3 rings (SSSR count). The number of thiazole rings is 1. The molecule has 6 nitrogen and oxygen atoms in total. The maximum Gasteiger partial charge on any atom is 0.269 e. The molecule has 0 aliphatic carbocycles. The fourth-order valence-electron chi connectivity index (χ4n) is 2.22. The highest BCUT2D eigenvalue weighted by molar-refractivity contribution is 7.80. The van der Waals surface area contributed by atoms with Crippen LogP contribution < -0.4 is 20.9 Å². The SMILES string of the molecule is Cc1nc(COc2ccc(C(=O)NNC(=S)Nc3ccc(F)cc3)cc2)cs1. The molecule has 0 unspecified atom stereocenters. The van der Waals surface area contributed by atoms with E-state index in [1.54, 1.807) is 35.6 Å². The maximum atomic E-state index is 12.9. The van der Waals surface area contributed by atoms with Gasteiger partial charge in [0, 0.05) is 16.6 Å². The Morgan fingerprint density at radius 2 is 1.86 bits per heavy atom. The van der Waals surface area contributed by atoms with Crippen LogP contribution in [0.1, 0.15) is 21.1 Å². The smallest absolute Gasteiger partial charge is 0.269 e. The van der Waals surface area contributed by atoms with E-state index in [9.17, 15) is 9.18 Å². The Balaban J connectivity index is 1.46. The number of hydrogen-bond acceptors (Lipinski definition) is 5. The maximum absolute atomic E-state index is 12.9. The molecule has 0 spiro atoms. The summed E-state index contributed by atoms with van der Waals surface area (Å²) in [5, 5.41) is 5.95. The Kier molecular flexibility index (Phi) is 6.51. The van der Waals surface area contributed by atoms with Crippen molar-refractivity contribution in [2.75, 3.05) is 5.32 Å². The third-order valence-electron chi connectivity index (χ3n) is 3.56. The van der Waals surface area contributed by atoms with Crippen molar-refractivity contribution >= 4 is 40.3 Å². The van der Waals surface area contributed by atoms with Gasteiger partial charge in [0.15, 0.2) is 5.11 Å². The fraction of sp³-hybridized carbons (Fsp3) is 0.105. The minimum atomic E-state index is -0.357. The molecule has 0 bridgehead atoms. The summed E-state index contributed by atoms with van der Waals surface area (Å²) in [5.41, 5.74) is 7.00. The molecule has 3 N–H and O–H groups in total. The highest BCUT2D eigenvalue weighted by Crippen LogP contribution is 2.15. The topological polar surface area (TPSA) is 75.3 Å². The molecule has 1 aromatic heterocycles. The van der Waals surface area contributed by atoms with Crippen LogP contribution in [0.15, 0.2) is 53.9 Å². The fourth-order valence-corrected chi connectivity index (χ4v) is 2.98. The number of hydrazine groups is 1. The van der Waals surface area contributed by atoms with Crippen molar-refractivity contribution in [1.29, 1.82) is 0 Å². The van der Waals surface area contributed by atoms with Gasteiger partial charge in [-0.15, -0.1) is 11.3 Å². The van der Waals surface area contributed by atoms with Gasteiger partial charge < -0.3 is 10.1 Å². The lowest BCUT2D eigenvalue weighted by Gasteiger charge is -2.12. The molecule has 1 amide bonds. The third-order valence-corrected chi connectivity index (χ3v) is 4.59. The Hall–Kier alpha value is -3.04. The van der Waals surface area contributed by atoms with Crippen molar-refractivity contribution in [1.82, 2.24) is 15.8 Å². The highest BCUT2D eigenvalue weighted by atomic mass is 32.1. The number of rotatable bonds is 5. The first-order valence-corrected chi connectivity index (χ1v) is 9.55. The van der Waals surface area contributed by atoms with Crippen LogP contribution in [0, 0.1) is 12.7 Å². The van der Waals surface area contributed by atoms with E-state index < -0.39 is 0 Å². The van der Waals surface area contributed by atoms with Crippen molar-refractivity contribution in [2.24, 2.45) is 0 Å². The van der Waals surface area contributed by atoms with Crippen LogP contribution in [0.4, 0.5) is 10.1 Å². The number of halogens is 1. The molecular formula is C19H17FN4O2S2. The van der Waals surface area contributed by atoms with Crippen LogP contribution in [-0.4, -0.2) is 16.0 Å². The number of aryl methyl sites for hydroxylation is 1. The molecule has 0 aliphatic heterocycles. The highest BCUT2D eigenvalue weighted by Gasteiger charge is 2.07. The van der Waals surface area contributed by atoms with Crippen LogP contribution in [0.25, 0.3) is 0 Å². The molecule has 0 atom stereocenters. The van der Waals surface area contributed by atoms with E-state index in [1.165, 1.54) is 24.3 Å². The summed E-state index contributed by atoms with van der Waals surface area (Å²) in [6.45, 7) is 2.32. The van der Waals surface area contributed by atoms with Crippen molar-refractivity contribution in [2.45, 2.75) is 13.5 Å². The summed E-state index contributed by atoms with van der Waals surface area (Å²) in [7, 11) is 0. The van der Waals surface area contributed by atoms with Crippen LogP contribution in [0.3, 0.4) is 0 Å². The number of aromatic nitrogens is 1. The summed E-state index contributed by atoms with van der Waals surface area (Å²) in [5.74, 6) is -0.0551. The van der Waals surface area contributed by atoms with Gasteiger partial charge in [-0.2, -0.15) is 0 Å². The molecule has 28 heavy (non-hydrogen) atoms. The Morgan fingerprint density at radius 1 is 1.14 bits per heavy atom. The number of carbonyl (C=O) groups is 1. The molecule has 0 saturated carbocycles. The first-order valence-electron chi connectivity index (χ1n) is 8.26. The van der Waals surface area contributed by atoms with E-state index in [2.05, 4.69) is 21.2 Å². The van der Waals surface area contributed by atoms with E-state index >= 15 is 0 Å². The predicted octanol–water partition coefficient (Wildman–Crippen LogP) is 3.80. The molecular weight excluding hydrogens is 399 g/mol. The minimum absolute atomic E-state index is 0.179. The number of nitrogens with zero attached hydrogens (tertiary/aromatic N) is 1. The lowest BCUT2D eigenvalue weighted by atomic mass is 10.2. The number of ether oxygens (including phenoxy) is 1. The van der Waals surface area contributed by atoms with Crippen LogP contribution in [0.5, 0.6) is 5.75 Å². The van der Waals surface area contributed by atoms with Crippen molar-refractivity contribution in [3.8, 4) is 5.75 Å². The number of nitrogens with one attached hydrogen (secondary N) is 3. The minimum Gasteiger partial charge on any atom is -0.487 e. The first kappa shape index (κ1) is 19.7. The molecule has 1 heterocycles. The zero-order valence-corrected chi connectivity index (χ0v) is 16.5. The normalized spacial score (nSPS) is 10.2. The van der Waals surface area contributed by atoms with Crippen molar-refractivity contribution in [3.05, 3.63) is 76.0 Å². The average molecular weight is 417 g/mol. The van der Waals surface area contributed by atoms with Gasteiger partial charge in [0.1, 0.15) is 18.2 Å². The Labute approximate surface area is 170 Å². The van der Waals surface area contributed by atoms with Gasteiger partial charge in [-0.25, -0.2) is 9.37 Å². The molecule has 0 radical (unpaired) electrons. The monoisotopic (exact) mass is 416 g/mol. The number of amides is 1. The van der Waals surface area contributed by atoms with Gasteiger partial charge in [-0.05, 0) is 67.7 Å². The zero-order chi connectivity index (χ0) is 19.9. The summed E-state index contributed by atoms with van der Waals surface area (Å²) in [6.07, 6.45) is 0. The van der Waals surface area contributed by atoms with E-state index in [1.807, 2.05) is 12.3 Å². The Morgan fingerprint density at radius 3 is 2.50 bits per heavy atom. The summed E-state index contributed by atoms with van der Waals surface area (Å²) in [6, 6.07) is 12.4. The van der Waals surface area contributed by atoms with E-state index in [0.717, 1.165) is 10.7 Å². The van der Waals surface area contributed by atoms with Gasteiger partial charge in [0.2, 0.25) is 0 Å². The van der Waals surface area contributed by atoms with Gasteiger partial charge >= 0.3 is 0 Å². The number of benzene rings is 2. The van der Waals surface area contributed by atoms with E-state index in [-0.39, 0.29) is 16.8 Å². The van der Waals surface area contributed by atoms with E-state index in [0.29, 0.717) is 23.6 Å². The second-order valence-corrected chi connectivity index (χ2v) is 7.18. The summed E-state index contributed by atoms with van der Waals surface area (Å²) < 4.78 is 18.5. The molecule has 9 heteroatoms. The number of hydrogen-bond donors (Lipinski definition) is 3. The Bertz CT molecular complexity index is 959.